The fourth-order valence-corrected chi connectivity index (χ4v) is 1.90. The summed E-state index contributed by atoms with van der Waals surface area (Å²) in [6, 6.07) is 9.74. The first-order valence-corrected chi connectivity index (χ1v) is 6.69. The minimum Gasteiger partial charge on any atom is -0.305 e. The summed E-state index contributed by atoms with van der Waals surface area (Å²) in [4.78, 5) is 11.9. The molecule has 0 unspecified atom stereocenters. The van der Waals surface area contributed by atoms with E-state index in [-0.39, 0.29) is 5.78 Å². The Morgan fingerprint density at radius 3 is 2.79 bits per heavy atom. The van der Waals surface area contributed by atoms with Crippen LogP contribution in [-0.2, 0) is 24.2 Å². The number of benzene rings is 1. The second kappa shape index (κ2) is 6.83. The van der Waals surface area contributed by atoms with Crippen LogP contribution in [0.15, 0.2) is 41.1 Å². The molecule has 0 saturated heterocycles. The van der Waals surface area contributed by atoms with Crippen LogP contribution in [-0.4, -0.2) is 11.1 Å². The third-order valence-electron chi connectivity index (χ3n) is 2.91. The predicted molar refractivity (Wildman–Crippen MR) is 70.5 cm³/mol. The zero-order valence-electron chi connectivity index (χ0n) is 11.2. The van der Waals surface area contributed by atoms with Gasteiger partial charge in [-0.2, -0.15) is 0 Å². The Morgan fingerprint density at radius 1 is 1.26 bits per heavy atom. The van der Waals surface area contributed by atoms with Gasteiger partial charge in [0.2, 0.25) is 12.0 Å². The number of nitrogens with zero attached hydrogens (tertiary/aromatic N) is 2. The fourth-order valence-electron chi connectivity index (χ4n) is 1.90. The van der Waals surface area contributed by atoms with Crippen molar-refractivity contribution in [2.45, 2.75) is 39.2 Å². The Hall–Kier alpha value is -1.97. The number of Topliss-reactive ketones (excluding diaryl/α,β-unsaturated/α-hetero) is 1. The van der Waals surface area contributed by atoms with Crippen LogP contribution in [0.3, 0.4) is 0 Å². The minimum atomic E-state index is 0.144. The Kier molecular flexibility index (Phi) is 4.84. The molecule has 4 heteroatoms. The summed E-state index contributed by atoms with van der Waals surface area (Å²) in [6.45, 7) is 2.97. The molecule has 1 heterocycles. The van der Waals surface area contributed by atoms with Crippen molar-refractivity contribution >= 4 is 5.78 Å². The second-order valence-electron chi connectivity index (χ2n) is 4.66. The molecule has 0 spiro atoms. The molecule has 0 bridgehead atoms. The highest BCUT2D eigenvalue weighted by atomic mass is 16.5. The van der Waals surface area contributed by atoms with Crippen LogP contribution in [0.5, 0.6) is 0 Å². The Bertz CT molecular complexity index is 520. The number of hydrogen-bond donors (Lipinski definition) is 0. The van der Waals surface area contributed by atoms with Crippen molar-refractivity contribution in [3.63, 3.8) is 0 Å². The van der Waals surface area contributed by atoms with Crippen LogP contribution in [0.25, 0.3) is 0 Å². The lowest BCUT2D eigenvalue weighted by atomic mass is 10.1. The van der Waals surface area contributed by atoms with E-state index in [1.807, 2.05) is 36.5 Å². The smallest absolute Gasteiger partial charge is 0.241 e. The van der Waals surface area contributed by atoms with Crippen molar-refractivity contribution in [2.75, 3.05) is 0 Å². The lowest BCUT2D eigenvalue weighted by Gasteiger charge is -1.97. The Morgan fingerprint density at radius 2 is 2.05 bits per heavy atom. The molecule has 0 atom stereocenters. The normalized spacial score (nSPS) is 10.6. The van der Waals surface area contributed by atoms with E-state index >= 15 is 0 Å². The number of ketones is 1. The summed E-state index contributed by atoms with van der Waals surface area (Å²) >= 11 is 0. The van der Waals surface area contributed by atoms with Crippen molar-refractivity contribution in [1.82, 2.24) is 5.27 Å². The van der Waals surface area contributed by atoms with Gasteiger partial charge in [-0.3, -0.25) is 4.79 Å². The maximum absolute atomic E-state index is 11.9. The highest BCUT2D eigenvalue weighted by Gasteiger charge is 2.14. The zero-order valence-corrected chi connectivity index (χ0v) is 11.2. The third kappa shape index (κ3) is 4.32. The van der Waals surface area contributed by atoms with Gasteiger partial charge in [0.25, 0.3) is 0 Å². The molecule has 100 valence electrons. The van der Waals surface area contributed by atoms with E-state index < -0.39 is 0 Å². The maximum Gasteiger partial charge on any atom is 0.241 e. The monoisotopic (exact) mass is 259 g/mol. The molecule has 0 N–H and O–H groups in total. The van der Waals surface area contributed by atoms with Gasteiger partial charge >= 0.3 is 0 Å². The van der Waals surface area contributed by atoms with Gasteiger partial charge in [0, 0.05) is 12.8 Å². The van der Waals surface area contributed by atoms with Crippen LogP contribution < -0.4 is 4.68 Å². The highest BCUT2D eigenvalue weighted by Crippen LogP contribution is 2.04. The fraction of sp³-hybridized carbons (Fsp3) is 0.400. The van der Waals surface area contributed by atoms with Gasteiger partial charge in [-0.1, -0.05) is 48.4 Å². The van der Waals surface area contributed by atoms with Crippen LogP contribution in [0.2, 0.25) is 0 Å². The molecule has 0 aliphatic rings. The molecule has 2 aromatic rings. The van der Waals surface area contributed by atoms with Gasteiger partial charge in [-0.15, -0.1) is 0 Å². The number of aromatic nitrogens is 2. The number of carbonyl (C=O) groups excluding carboxylic acids is 1. The first-order valence-electron chi connectivity index (χ1n) is 6.69. The molecule has 0 radical (unpaired) electrons. The molecular formula is C15H19N2O2+. The summed E-state index contributed by atoms with van der Waals surface area (Å²) < 4.78 is 6.92. The molecule has 2 rings (SSSR count). The first kappa shape index (κ1) is 13.5. The predicted octanol–water partition coefficient (Wildman–Crippen LogP) is 2.12. The molecule has 4 nitrogen and oxygen atoms in total. The molecule has 0 aliphatic carbocycles. The van der Waals surface area contributed by atoms with Crippen LogP contribution in [0.4, 0.5) is 0 Å². The minimum absolute atomic E-state index is 0.144. The molecule has 19 heavy (non-hydrogen) atoms. The first-order chi connectivity index (χ1) is 9.28. The lowest BCUT2D eigenvalue weighted by Crippen LogP contribution is -2.34. The van der Waals surface area contributed by atoms with Crippen molar-refractivity contribution < 1.29 is 14.0 Å². The van der Waals surface area contributed by atoms with Crippen LogP contribution in [0, 0.1) is 0 Å². The van der Waals surface area contributed by atoms with Gasteiger partial charge in [0.15, 0.2) is 11.8 Å². The molecular weight excluding hydrogens is 240 g/mol. The summed E-state index contributed by atoms with van der Waals surface area (Å²) in [5, 5.41) is 3.90. The lowest BCUT2D eigenvalue weighted by molar-refractivity contribution is -0.762. The summed E-state index contributed by atoms with van der Waals surface area (Å²) in [6.07, 6.45) is 4.74. The third-order valence-corrected chi connectivity index (χ3v) is 2.91. The number of carbonyl (C=O) groups is 1. The van der Waals surface area contributed by atoms with Crippen molar-refractivity contribution in [2.24, 2.45) is 0 Å². The zero-order chi connectivity index (χ0) is 13.5. The molecule has 0 amide bonds. The van der Waals surface area contributed by atoms with E-state index in [9.17, 15) is 4.79 Å². The summed E-state index contributed by atoms with van der Waals surface area (Å²) in [7, 11) is 0. The quantitative estimate of drug-likeness (QED) is 0.715. The highest BCUT2D eigenvalue weighted by molar-refractivity contribution is 5.82. The maximum atomic E-state index is 11.9. The molecule has 0 saturated carbocycles. The number of aryl methyl sites for hydroxylation is 1. The molecule has 1 aromatic heterocycles. The largest absolute Gasteiger partial charge is 0.305 e. The SMILES string of the molecule is CCCC[n+]1cc(CC(=O)Cc2ccccc2)on1. The summed E-state index contributed by atoms with van der Waals surface area (Å²) in [5.74, 6) is 0.780. The molecule has 1 aromatic carbocycles. The Labute approximate surface area is 113 Å². The topological polar surface area (TPSA) is 47.0 Å². The van der Waals surface area contributed by atoms with Gasteiger partial charge in [0.1, 0.15) is 5.78 Å². The van der Waals surface area contributed by atoms with E-state index in [2.05, 4.69) is 12.2 Å². The van der Waals surface area contributed by atoms with E-state index in [1.54, 1.807) is 4.68 Å². The van der Waals surface area contributed by atoms with Crippen LogP contribution in [0.1, 0.15) is 31.1 Å². The second-order valence-corrected chi connectivity index (χ2v) is 4.66. The van der Waals surface area contributed by atoms with Gasteiger partial charge in [-0.05, 0) is 5.56 Å². The van der Waals surface area contributed by atoms with Gasteiger partial charge < -0.3 is 4.52 Å². The van der Waals surface area contributed by atoms with Crippen molar-refractivity contribution in [1.29, 1.82) is 0 Å². The van der Waals surface area contributed by atoms with E-state index in [0.29, 0.717) is 18.6 Å². The van der Waals surface area contributed by atoms with Crippen molar-refractivity contribution in [3.8, 4) is 0 Å². The number of rotatable bonds is 7. The average molecular weight is 259 g/mol. The number of unbranched alkanes of at least 4 members (excludes halogenated alkanes) is 1. The van der Waals surface area contributed by atoms with Gasteiger partial charge in [-0.25, -0.2) is 0 Å². The molecule has 0 fully saturated rings. The van der Waals surface area contributed by atoms with E-state index in [4.69, 9.17) is 4.52 Å². The Balaban J connectivity index is 1.86. The van der Waals surface area contributed by atoms with Crippen LogP contribution >= 0.6 is 0 Å². The number of hydrogen-bond acceptors (Lipinski definition) is 3. The average Bonchev–Trinajstić information content (AvgIpc) is 2.85. The molecule has 0 aliphatic heterocycles. The van der Waals surface area contributed by atoms with E-state index in [1.165, 1.54) is 0 Å². The van der Waals surface area contributed by atoms with Crippen molar-refractivity contribution in [3.05, 3.63) is 47.9 Å². The standard InChI is InChI=1S/C15H19N2O2/c1-2-3-9-17-12-15(19-16-17)11-14(18)10-13-7-5-4-6-8-13/h4-8,12H,2-3,9-11H2,1H3/q+1. The van der Waals surface area contributed by atoms with E-state index in [0.717, 1.165) is 24.9 Å². The van der Waals surface area contributed by atoms with Gasteiger partial charge in [0.05, 0.1) is 6.42 Å². The summed E-state index contributed by atoms with van der Waals surface area (Å²) in [5.41, 5.74) is 1.03.